The average molecular weight is 240 g/mol. The number of likely N-dealkylation sites (N-methyl/N-ethyl adjacent to an activating group) is 1. The lowest BCUT2D eigenvalue weighted by atomic mass is 10.1. The molecule has 1 rings (SSSR count). The number of hydrogen-bond donors (Lipinski definition) is 1. The minimum absolute atomic E-state index is 0.104. The molecule has 5 nitrogen and oxygen atoms in total. The van der Waals surface area contributed by atoms with Crippen molar-refractivity contribution in [1.82, 2.24) is 20.1 Å². The summed E-state index contributed by atoms with van der Waals surface area (Å²) in [6, 6.07) is 0.280. The Kier molecular flexibility index (Phi) is 5.08. The van der Waals surface area contributed by atoms with Gasteiger partial charge in [-0.3, -0.25) is 4.68 Å². The molecule has 1 aromatic rings. The van der Waals surface area contributed by atoms with Gasteiger partial charge in [-0.1, -0.05) is 6.92 Å². The molecule has 0 saturated heterocycles. The second-order valence-electron chi connectivity index (χ2n) is 5.18. The molecule has 5 heteroatoms. The second-order valence-corrected chi connectivity index (χ2v) is 5.18. The Hall–Kier alpha value is -0.940. The first-order chi connectivity index (χ1) is 7.92. The summed E-state index contributed by atoms with van der Waals surface area (Å²) >= 11 is 0. The quantitative estimate of drug-likeness (QED) is 0.810. The zero-order chi connectivity index (χ0) is 12.9. The van der Waals surface area contributed by atoms with Gasteiger partial charge in [0, 0.05) is 19.5 Å². The number of aryl methyl sites for hydroxylation is 1. The summed E-state index contributed by atoms with van der Waals surface area (Å²) in [5, 5.41) is 7.49. The lowest BCUT2D eigenvalue weighted by Gasteiger charge is -2.24. The monoisotopic (exact) mass is 240 g/mol. The Bertz CT molecular complexity index is 329. The third kappa shape index (κ3) is 5.28. The minimum atomic E-state index is -0.104. The van der Waals surface area contributed by atoms with Crippen LogP contribution >= 0.6 is 0 Å². The third-order valence-electron chi connectivity index (χ3n) is 2.44. The molecular formula is C12H24N4O. The molecule has 0 saturated carbocycles. The van der Waals surface area contributed by atoms with Gasteiger partial charge in [0.2, 0.25) is 0 Å². The average Bonchev–Trinajstić information content (AvgIpc) is 2.60. The van der Waals surface area contributed by atoms with Crippen LogP contribution < -0.4 is 5.32 Å². The van der Waals surface area contributed by atoms with Crippen LogP contribution in [-0.2, 0) is 18.2 Å². The number of rotatable bonds is 6. The molecule has 0 aliphatic rings. The maximum Gasteiger partial charge on any atom is 0.138 e. The van der Waals surface area contributed by atoms with Crippen LogP contribution in [0.2, 0.25) is 0 Å². The summed E-state index contributed by atoms with van der Waals surface area (Å²) in [7, 11) is 1.91. The summed E-state index contributed by atoms with van der Waals surface area (Å²) in [6.45, 7) is 9.91. The lowest BCUT2D eigenvalue weighted by molar-refractivity contribution is -0.0144. The second kappa shape index (κ2) is 6.12. The number of nitrogens with zero attached hydrogens (tertiary/aromatic N) is 3. The van der Waals surface area contributed by atoms with Crippen LogP contribution in [0.3, 0.4) is 0 Å². The summed E-state index contributed by atoms with van der Waals surface area (Å²) in [5.74, 6) is 0.980. The largest absolute Gasteiger partial charge is 0.374 e. The highest BCUT2D eigenvalue weighted by Gasteiger charge is 2.16. The SMILES string of the molecule is CCNC(COC(C)(C)C)Cc1ncnn1C. The minimum Gasteiger partial charge on any atom is -0.374 e. The molecule has 0 aliphatic heterocycles. The molecule has 0 spiro atoms. The van der Waals surface area contributed by atoms with Gasteiger partial charge in [0.05, 0.1) is 12.2 Å². The summed E-state index contributed by atoms with van der Waals surface area (Å²) in [4.78, 5) is 4.24. The van der Waals surface area contributed by atoms with Gasteiger partial charge in [-0.05, 0) is 27.3 Å². The van der Waals surface area contributed by atoms with Gasteiger partial charge < -0.3 is 10.1 Å². The Labute approximate surface area is 104 Å². The van der Waals surface area contributed by atoms with Crippen LogP contribution in [0.1, 0.15) is 33.5 Å². The first-order valence-electron chi connectivity index (χ1n) is 6.12. The molecule has 1 unspecified atom stereocenters. The normalized spacial score (nSPS) is 13.9. The summed E-state index contributed by atoms with van der Waals surface area (Å²) in [6.07, 6.45) is 2.42. The van der Waals surface area contributed by atoms with E-state index in [1.165, 1.54) is 0 Å². The van der Waals surface area contributed by atoms with Crippen LogP contribution in [-0.4, -0.2) is 39.6 Å². The van der Waals surface area contributed by atoms with Gasteiger partial charge in [-0.15, -0.1) is 0 Å². The van der Waals surface area contributed by atoms with Crippen molar-refractivity contribution in [3.63, 3.8) is 0 Å². The molecule has 0 fully saturated rings. The Balaban J connectivity index is 2.51. The highest BCUT2D eigenvalue weighted by Crippen LogP contribution is 2.08. The van der Waals surface area contributed by atoms with Gasteiger partial charge >= 0.3 is 0 Å². The van der Waals surface area contributed by atoms with Crippen molar-refractivity contribution >= 4 is 0 Å². The first kappa shape index (κ1) is 14.1. The topological polar surface area (TPSA) is 52.0 Å². The standard InChI is InChI=1S/C12H24N4O/c1-6-13-10(8-17-12(2,3)4)7-11-14-9-15-16(11)5/h9-10,13H,6-8H2,1-5H3. The fourth-order valence-corrected chi connectivity index (χ4v) is 1.55. The fraction of sp³-hybridized carbons (Fsp3) is 0.833. The number of nitrogens with one attached hydrogen (secondary N) is 1. The number of hydrogen-bond acceptors (Lipinski definition) is 4. The maximum absolute atomic E-state index is 5.81. The van der Waals surface area contributed by atoms with Crippen molar-refractivity contribution in [3.8, 4) is 0 Å². The summed E-state index contributed by atoms with van der Waals surface area (Å²) < 4.78 is 7.62. The number of ether oxygens (including phenoxy) is 1. The van der Waals surface area contributed by atoms with Crippen molar-refractivity contribution in [1.29, 1.82) is 0 Å². The van der Waals surface area contributed by atoms with Crippen LogP contribution in [0.4, 0.5) is 0 Å². The van der Waals surface area contributed by atoms with E-state index in [-0.39, 0.29) is 11.6 Å². The molecule has 17 heavy (non-hydrogen) atoms. The van der Waals surface area contributed by atoms with Gasteiger partial charge in [-0.2, -0.15) is 5.10 Å². The first-order valence-corrected chi connectivity index (χ1v) is 6.12. The van der Waals surface area contributed by atoms with E-state index in [0.717, 1.165) is 18.8 Å². The summed E-state index contributed by atoms with van der Waals surface area (Å²) in [5.41, 5.74) is -0.104. The zero-order valence-electron chi connectivity index (χ0n) is 11.5. The maximum atomic E-state index is 5.81. The molecule has 0 aromatic carbocycles. The van der Waals surface area contributed by atoms with Crippen LogP contribution in [0, 0.1) is 0 Å². The Morgan fingerprint density at radius 1 is 1.47 bits per heavy atom. The predicted octanol–water partition coefficient (Wildman–Crippen LogP) is 1.15. The van der Waals surface area contributed by atoms with Crippen molar-refractivity contribution in [2.45, 2.75) is 45.8 Å². The van der Waals surface area contributed by atoms with Crippen molar-refractivity contribution < 1.29 is 4.74 Å². The Morgan fingerprint density at radius 3 is 2.65 bits per heavy atom. The van der Waals surface area contributed by atoms with Crippen LogP contribution in [0.5, 0.6) is 0 Å². The van der Waals surface area contributed by atoms with Gasteiger partial charge in [-0.25, -0.2) is 4.98 Å². The lowest BCUT2D eigenvalue weighted by Crippen LogP contribution is -2.38. The molecular weight excluding hydrogens is 216 g/mol. The predicted molar refractivity (Wildman–Crippen MR) is 67.9 cm³/mol. The molecule has 0 radical (unpaired) electrons. The van der Waals surface area contributed by atoms with Crippen molar-refractivity contribution in [2.75, 3.05) is 13.2 Å². The van der Waals surface area contributed by atoms with Crippen LogP contribution in [0.15, 0.2) is 6.33 Å². The Morgan fingerprint density at radius 2 is 2.18 bits per heavy atom. The fourth-order valence-electron chi connectivity index (χ4n) is 1.55. The molecule has 0 bridgehead atoms. The van der Waals surface area contributed by atoms with E-state index >= 15 is 0 Å². The van der Waals surface area contributed by atoms with E-state index in [1.807, 2.05) is 7.05 Å². The van der Waals surface area contributed by atoms with Crippen molar-refractivity contribution in [3.05, 3.63) is 12.2 Å². The van der Waals surface area contributed by atoms with Gasteiger partial charge in [0.1, 0.15) is 12.2 Å². The highest BCUT2D eigenvalue weighted by atomic mass is 16.5. The molecule has 1 N–H and O–H groups in total. The van der Waals surface area contributed by atoms with Gasteiger partial charge in [0.25, 0.3) is 0 Å². The molecule has 98 valence electrons. The van der Waals surface area contributed by atoms with Crippen LogP contribution in [0.25, 0.3) is 0 Å². The smallest absolute Gasteiger partial charge is 0.138 e. The molecule has 0 aliphatic carbocycles. The number of aromatic nitrogens is 3. The molecule has 1 atom stereocenters. The molecule has 1 aromatic heterocycles. The van der Waals surface area contributed by atoms with E-state index in [0.29, 0.717) is 6.61 Å². The van der Waals surface area contributed by atoms with Crippen molar-refractivity contribution in [2.24, 2.45) is 7.05 Å². The van der Waals surface area contributed by atoms with Gasteiger partial charge in [0.15, 0.2) is 0 Å². The highest BCUT2D eigenvalue weighted by molar-refractivity contribution is 4.89. The van der Waals surface area contributed by atoms with E-state index in [4.69, 9.17) is 4.74 Å². The van der Waals surface area contributed by atoms with E-state index in [1.54, 1.807) is 11.0 Å². The van der Waals surface area contributed by atoms with E-state index < -0.39 is 0 Å². The van der Waals surface area contributed by atoms with E-state index in [2.05, 4.69) is 43.1 Å². The third-order valence-corrected chi connectivity index (χ3v) is 2.44. The zero-order valence-corrected chi connectivity index (χ0v) is 11.5. The molecule has 0 amide bonds. The molecule has 1 heterocycles. The van der Waals surface area contributed by atoms with E-state index in [9.17, 15) is 0 Å².